The Morgan fingerprint density at radius 2 is 1.57 bits per heavy atom. The van der Waals surface area contributed by atoms with Crippen LogP contribution in [-0.2, 0) is 4.79 Å². The van der Waals surface area contributed by atoms with Crippen LogP contribution in [0.15, 0.2) is 0 Å². The maximum atomic E-state index is 10.4. The molecule has 1 saturated carbocycles. The smallest absolute Gasteiger partial charge is 0.547 e. The molecule has 0 aromatic carbocycles. The van der Waals surface area contributed by atoms with E-state index in [9.17, 15) is 15.0 Å². The van der Waals surface area contributed by atoms with E-state index in [1.165, 1.54) is 0 Å². The fraction of sp³-hybridized carbons (Fsp3) is 0.857. The molecule has 1 aliphatic carbocycles. The summed E-state index contributed by atoms with van der Waals surface area (Å²) >= 11 is 0. The van der Waals surface area contributed by atoms with Gasteiger partial charge in [0.05, 0.1) is 18.2 Å². The molecule has 4 N–H and O–H groups in total. The molecule has 0 spiro atoms. The third kappa shape index (κ3) is 2.48. The summed E-state index contributed by atoms with van der Waals surface area (Å²) in [6.07, 6.45) is -5.39. The van der Waals surface area contributed by atoms with E-state index >= 15 is 0 Å². The molecule has 0 heterocycles. The molecule has 76 valence electrons. The normalized spacial score (nSPS) is 42.7. The first kappa shape index (κ1) is 13.9. The predicted octanol–water partition coefficient (Wildman–Crippen LogP) is -6.65. The van der Waals surface area contributed by atoms with Gasteiger partial charge in [-0.1, -0.05) is 0 Å². The first-order valence-corrected chi connectivity index (χ1v) is 3.85. The third-order valence-corrected chi connectivity index (χ3v) is 2.26. The second-order valence-corrected chi connectivity index (χ2v) is 3.35. The molecule has 0 saturated heterocycles. The number of rotatable bonds is 1. The Balaban J connectivity index is 0.00000169. The van der Waals surface area contributed by atoms with Crippen molar-refractivity contribution in [2.24, 2.45) is 0 Å². The molecule has 1 aliphatic rings. The van der Waals surface area contributed by atoms with Crippen molar-refractivity contribution in [3.63, 3.8) is 0 Å². The van der Waals surface area contributed by atoms with Crippen molar-refractivity contribution >= 4 is 5.97 Å². The molecule has 0 aromatic heterocycles. The minimum atomic E-state index is -2.25. The van der Waals surface area contributed by atoms with Gasteiger partial charge >= 0.3 is 18.9 Å². The second-order valence-electron chi connectivity index (χ2n) is 3.35. The van der Waals surface area contributed by atoms with Gasteiger partial charge < -0.3 is 30.3 Å². The van der Waals surface area contributed by atoms with Crippen LogP contribution in [0.5, 0.6) is 0 Å². The molecular formula is C7H11LiO6. The largest absolute Gasteiger partial charge is 1.00 e. The average Bonchev–Trinajstić information content (AvgIpc) is 2.00. The van der Waals surface area contributed by atoms with Gasteiger partial charge in [0.1, 0.15) is 11.7 Å². The zero-order valence-electron chi connectivity index (χ0n) is 7.75. The Morgan fingerprint density at radius 1 is 1.21 bits per heavy atom. The molecular weight excluding hydrogens is 187 g/mol. The topological polar surface area (TPSA) is 121 Å². The Hall–Kier alpha value is -0.0926. The van der Waals surface area contributed by atoms with E-state index in [0.29, 0.717) is 0 Å². The van der Waals surface area contributed by atoms with E-state index in [1.54, 1.807) is 0 Å². The summed E-state index contributed by atoms with van der Waals surface area (Å²) in [5.74, 6) is -1.75. The molecule has 0 aliphatic heterocycles. The molecule has 6 nitrogen and oxygen atoms in total. The summed E-state index contributed by atoms with van der Waals surface area (Å²) < 4.78 is 0. The molecule has 7 heteroatoms. The van der Waals surface area contributed by atoms with E-state index in [4.69, 9.17) is 15.3 Å². The van der Waals surface area contributed by atoms with E-state index in [2.05, 4.69) is 0 Å². The van der Waals surface area contributed by atoms with Crippen LogP contribution in [0.3, 0.4) is 0 Å². The van der Waals surface area contributed by atoms with Gasteiger partial charge in [0.25, 0.3) is 0 Å². The standard InChI is InChI=1S/C7H12O6.Li/c8-3-1-7(13,6(11)12)2-4(9)5(3)10;/h3-5,8-10,13H,1-2H2,(H,11,12);/q;+1/p-1/t3-,4-,5?,7?;/m1./s1. The number of carbonyl (C=O) groups is 1. The van der Waals surface area contributed by atoms with Crippen LogP contribution in [0.25, 0.3) is 0 Å². The number of aliphatic hydroxyl groups excluding tert-OH is 3. The number of carboxylic acids is 1. The van der Waals surface area contributed by atoms with Gasteiger partial charge in [-0.25, -0.2) is 0 Å². The van der Waals surface area contributed by atoms with E-state index in [0.717, 1.165) is 0 Å². The SMILES string of the molecule is O=C([O-])C1(O)C[C@@H](O)C(O)[C@H](O)C1.[Li+]. The van der Waals surface area contributed by atoms with Gasteiger partial charge in [-0.3, -0.25) is 0 Å². The van der Waals surface area contributed by atoms with Crippen LogP contribution in [0, 0.1) is 0 Å². The summed E-state index contributed by atoms with van der Waals surface area (Å²) in [7, 11) is 0. The van der Waals surface area contributed by atoms with Crippen LogP contribution < -0.4 is 24.0 Å². The fourth-order valence-electron chi connectivity index (χ4n) is 1.44. The number of aliphatic hydroxyl groups is 4. The number of hydrogen-bond acceptors (Lipinski definition) is 6. The quantitative estimate of drug-likeness (QED) is 0.311. The first-order chi connectivity index (χ1) is 5.87. The molecule has 0 aromatic rings. The summed E-state index contributed by atoms with van der Waals surface area (Å²) in [4.78, 5) is 10.4. The second kappa shape index (κ2) is 4.62. The van der Waals surface area contributed by atoms with Crippen molar-refractivity contribution in [2.75, 3.05) is 0 Å². The molecule has 0 bridgehead atoms. The molecule has 0 unspecified atom stereocenters. The number of carboxylic acid groups (broad SMARTS) is 1. The van der Waals surface area contributed by atoms with Crippen LogP contribution in [0.2, 0.25) is 0 Å². The van der Waals surface area contributed by atoms with Crippen LogP contribution in [0.1, 0.15) is 12.8 Å². The maximum absolute atomic E-state index is 10.4. The molecule has 1 fully saturated rings. The summed E-state index contributed by atoms with van der Waals surface area (Å²) in [6.45, 7) is 0. The Morgan fingerprint density at radius 3 is 1.86 bits per heavy atom. The molecule has 0 radical (unpaired) electrons. The van der Waals surface area contributed by atoms with Crippen LogP contribution in [-0.4, -0.2) is 50.3 Å². The minimum absolute atomic E-state index is 0. The van der Waals surface area contributed by atoms with Crippen molar-refractivity contribution in [2.45, 2.75) is 36.8 Å². The van der Waals surface area contributed by atoms with Gasteiger partial charge in [0.15, 0.2) is 0 Å². The van der Waals surface area contributed by atoms with Gasteiger partial charge in [0, 0.05) is 12.8 Å². The van der Waals surface area contributed by atoms with Crippen molar-refractivity contribution in [1.29, 1.82) is 0 Å². The minimum Gasteiger partial charge on any atom is -0.547 e. The first-order valence-electron chi connectivity index (χ1n) is 3.85. The molecule has 0 amide bonds. The Labute approximate surface area is 92.4 Å². The summed E-state index contributed by atoms with van der Waals surface area (Å²) in [5, 5.41) is 46.9. The third-order valence-electron chi connectivity index (χ3n) is 2.26. The fourth-order valence-corrected chi connectivity index (χ4v) is 1.44. The molecule has 14 heavy (non-hydrogen) atoms. The molecule has 2 atom stereocenters. The molecule has 1 rings (SSSR count). The summed E-state index contributed by atoms with van der Waals surface area (Å²) in [6, 6.07) is 0. The maximum Gasteiger partial charge on any atom is 1.00 e. The van der Waals surface area contributed by atoms with Gasteiger partial charge in [-0.2, -0.15) is 0 Å². The number of aliphatic carboxylic acids is 1. The van der Waals surface area contributed by atoms with E-state index < -0.39 is 42.7 Å². The zero-order valence-corrected chi connectivity index (χ0v) is 7.75. The van der Waals surface area contributed by atoms with Crippen molar-refractivity contribution in [3.05, 3.63) is 0 Å². The average molecular weight is 198 g/mol. The predicted molar refractivity (Wildman–Crippen MR) is 37.2 cm³/mol. The van der Waals surface area contributed by atoms with Crippen LogP contribution in [0.4, 0.5) is 0 Å². The van der Waals surface area contributed by atoms with Gasteiger partial charge in [-0.05, 0) is 0 Å². The van der Waals surface area contributed by atoms with Gasteiger partial charge in [0.2, 0.25) is 0 Å². The Bertz CT molecular complexity index is 208. The van der Waals surface area contributed by atoms with Crippen molar-refractivity contribution in [1.82, 2.24) is 0 Å². The van der Waals surface area contributed by atoms with Crippen molar-refractivity contribution in [3.8, 4) is 0 Å². The van der Waals surface area contributed by atoms with E-state index in [1.807, 2.05) is 0 Å². The number of carbonyl (C=O) groups excluding carboxylic acids is 1. The monoisotopic (exact) mass is 198 g/mol. The van der Waals surface area contributed by atoms with Crippen molar-refractivity contribution < 1.29 is 49.2 Å². The van der Waals surface area contributed by atoms with Gasteiger partial charge in [-0.15, -0.1) is 0 Å². The van der Waals surface area contributed by atoms with E-state index in [-0.39, 0.29) is 18.9 Å². The summed E-state index contributed by atoms with van der Waals surface area (Å²) in [5.41, 5.74) is -2.25. The number of hydrogen-bond donors (Lipinski definition) is 4. The zero-order chi connectivity index (χ0) is 10.2. The van der Waals surface area contributed by atoms with Crippen LogP contribution >= 0.6 is 0 Å². The Kier molecular flexibility index (Phi) is 4.59.